The number of hydrogen-bond donors (Lipinski definition) is 2. The Hall–Kier alpha value is -1.49. The third-order valence-electron chi connectivity index (χ3n) is 3.49. The van der Waals surface area contributed by atoms with Crippen LogP contribution in [0.15, 0.2) is 12.1 Å². The molecule has 2 rings (SSSR count). The molecular formula is C14H21FN2O2. The van der Waals surface area contributed by atoms with Gasteiger partial charge in [0.15, 0.2) is 11.6 Å². The number of hydrogen-bond acceptors (Lipinski definition) is 4. The molecular weight excluding hydrogens is 247 g/mol. The van der Waals surface area contributed by atoms with Crippen LogP contribution in [0.1, 0.15) is 20.3 Å². The lowest BCUT2D eigenvalue weighted by Gasteiger charge is -2.17. The molecule has 0 spiro atoms. The van der Waals surface area contributed by atoms with Gasteiger partial charge in [0.25, 0.3) is 0 Å². The minimum Gasteiger partial charge on any atom is -0.491 e. The lowest BCUT2D eigenvalue weighted by atomic mass is 10.0. The highest BCUT2D eigenvalue weighted by atomic mass is 19.1. The first-order chi connectivity index (χ1) is 9.11. The summed E-state index contributed by atoms with van der Waals surface area (Å²) in [6, 6.07) is 2.91. The summed E-state index contributed by atoms with van der Waals surface area (Å²) in [4.78, 5) is 0. The normalized spacial score (nSPS) is 22.5. The van der Waals surface area contributed by atoms with E-state index in [1.165, 1.54) is 6.07 Å². The molecule has 4 nitrogen and oxygen atoms in total. The molecule has 0 aliphatic carbocycles. The van der Waals surface area contributed by atoms with Crippen molar-refractivity contribution in [3.8, 4) is 5.75 Å². The highest BCUT2D eigenvalue weighted by Crippen LogP contribution is 2.29. The minimum atomic E-state index is -0.428. The number of nitrogens with one attached hydrogen (secondary N) is 1. The lowest BCUT2D eigenvalue weighted by Crippen LogP contribution is -2.21. The van der Waals surface area contributed by atoms with E-state index in [2.05, 4.69) is 12.2 Å². The van der Waals surface area contributed by atoms with Gasteiger partial charge >= 0.3 is 0 Å². The molecule has 3 N–H and O–H groups in total. The van der Waals surface area contributed by atoms with E-state index in [1.807, 2.05) is 6.92 Å². The number of ether oxygens (including phenoxy) is 2. The maximum Gasteiger partial charge on any atom is 0.167 e. The Morgan fingerprint density at radius 2 is 2.32 bits per heavy atom. The molecule has 19 heavy (non-hydrogen) atoms. The largest absolute Gasteiger partial charge is 0.491 e. The molecule has 1 aromatic rings. The summed E-state index contributed by atoms with van der Waals surface area (Å²) in [7, 11) is 0. The Morgan fingerprint density at radius 3 is 2.95 bits per heavy atom. The second kappa shape index (κ2) is 6.10. The van der Waals surface area contributed by atoms with E-state index >= 15 is 0 Å². The zero-order valence-corrected chi connectivity index (χ0v) is 11.4. The fourth-order valence-corrected chi connectivity index (χ4v) is 2.27. The molecule has 0 radical (unpaired) electrons. The quantitative estimate of drug-likeness (QED) is 0.806. The molecule has 0 saturated carbocycles. The number of nitrogen functional groups attached to an aromatic ring is 1. The SMILES string of the molecule is CCOc1cc(NCC2CCOC2C)c(N)cc1F. The van der Waals surface area contributed by atoms with Crippen molar-refractivity contribution in [1.82, 2.24) is 0 Å². The van der Waals surface area contributed by atoms with Crippen LogP contribution >= 0.6 is 0 Å². The van der Waals surface area contributed by atoms with Gasteiger partial charge in [-0.25, -0.2) is 4.39 Å². The van der Waals surface area contributed by atoms with Crippen LogP contribution in [0.2, 0.25) is 0 Å². The summed E-state index contributed by atoms with van der Waals surface area (Å²) in [5.74, 6) is 0.261. The molecule has 1 fully saturated rings. The lowest BCUT2D eigenvalue weighted by molar-refractivity contribution is 0.108. The Bertz CT molecular complexity index is 440. The Labute approximate surface area is 113 Å². The number of anilines is 2. The van der Waals surface area contributed by atoms with Gasteiger partial charge in [-0.15, -0.1) is 0 Å². The number of nitrogens with two attached hydrogens (primary N) is 1. The fraction of sp³-hybridized carbons (Fsp3) is 0.571. The monoisotopic (exact) mass is 268 g/mol. The van der Waals surface area contributed by atoms with Gasteiger partial charge in [-0.3, -0.25) is 0 Å². The molecule has 106 valence electrons. The third kappa shape index (κ3) is 3.29. The molecule has 1 heterocycles. The maximum atomic E-state index is 13.6. The molecule has 2 unspecified atom stereocenters. The molecule has 2 atom stereocenters. The van der Waals surface area contributed by atoms with Gasteiger partial charge < -0.3 is 20.5 Å². The maximum absolute atomic E-state index is 13.6. The predicted molar refractivity (Wildman–Crippen MR) is 74.0 cm³/mol. The van der Waals surface area contributed by atoms with Gasteiger partial charge in [0.2, 0.25) is 0 Å². The molecule has 0 bridgehead atoms. The smallest absolute Gasteiger partial charge is 0.167 e. The molecule has 1 aromatic carbocycles. The molecule has 0 aromatic heterocycles. The first-order valence-corrected chi connectivity index (χ1v) is 6.69. The first-order valence-electron chi connectivity index (χ1n) is 6.69. The van der Waals surface area contributed by atoms with Crippen molar-refractivity contribution in [2.24, 2.45) is 5.92 Å². The van der Waals surface area contributed by atoms with Gasteiger partial charge in [-0.05, 0) is 20.3 Å². The Balaban J connectivity index is 2.04. The summed E-state index contributed by atoms with van der Waals surface area (Å²) in [6.07, 6.45) is 1.29. The van der Waals surface area contributed by atoms with Crippen LogP contribution in [-0.4, -0.2) is 25.9 Å². The molecule has 1 aliphatic rings. The van der Waals surface area contributed by atoms with Crippen LogP contribution in [0, 0.1) is 11.7 Å². The topological polar surface area (TPSA) is 56.5 Å². The van der Waals surface area contributed by atoms with Crippen LogP contribution in [-0.2, 0) is 4.74 Å². The molecule has 1 aliphatic heterocycles. The van der Waals surface area contributed by atoms with Crippen LogP contribution in [0.4, 0.5) is 15.8 Å². The highest BCUT2D eigenvalue weighted by molar-refractivity contribution is 5.68. The average molecular weight is 268 g/mol. The van der Waals surface area contributed by atoms with E-state index in [-0.39, 0.29) is 11.9 Å². The van der Waals surface area contributed by atoms with Crippen LogP contribution in [0.25, 0.3) is 0 Å². The Kier molecular flexibility index (Phi) is 4.47. The van der Waals surface area contributed by atoms with Crippen molar-refractivity contribution < 1.29 is 13.9 Å². The van der Waals surface area contributed by atoms with Gasteiger partial charge in [0.1, 0.15) is 0 Å². The number of benzene rings is 1. The van der Waals surface area contributed by atoms with E-state index in [4.69, 9.17) is 15.2 Å². The summed E-state index contributed by atoms with van der Waals surface area (Å²) < 4.78 is 24.3. The van der Waals surface area contributed by atoms with Gasteiger partial charge in [-0.2, -0.15) is 0 Å². The van der Waals surface area contributed by atoms with Crippen molar-refractivity contribution in [1.29, 1.82) is 0 Å². The van der Waals surface area contributed by atoms with E-state index in [9.17, 15) is 4.39 Å². The average Bonchev–Trinajstić information content (AvgIpc) is 2.77. The van der Waals surface area contributed by atoms with E-state index in [0.29, 0.717) is 23.9 Å². The second-order valence-corrected chi connectivity index (χ2v) is 4.81. The third-order valence-corrected chi connectivity index (χ3v) is 3.49. The number of halogens is 1. The summed E-state index contributed by atoms with van der Waals surface area (Å²) in [5, 5.41) is 3.26. The van der Waals surface area contributed by atoms with Crippen molar-refractivity contribution in [3.05, 3.63) is 17.9 Å². The van der Waals surface area contributed by atoms with E-state index in [0.717, 1.165) is 19.6 Å². The van der Waals surface area contributed by atoms with Crippen LogP contribution in [0.5, 0.6) is 5.75 Å². The molecule has 1 saturated heterocycles. The van der Waals surface area contributed by atoms with Crippen LogP contribution < -0.4 is 15.8 Å². The zero-order chi connectivity index (χ0) is 13.8. The second-order valence-electron chi connectivity index (χ2n) is 4.81. The van der Waals surface area contributed by atoms with Crippen molar-refractivity contribution in [3.63, 3.8) is 0 Å². The standard InChI is InChI=1S/C14H21FN2O2/c1-3-18-14-7-13(12(16)6-11(14)15)17-8-10-4-5-19-9(10)2/h6-7,9-10,17H,3-5,8,16H2,1-2H3. The molecule has 0 amide bonds. The predicted octanol–water partition coefficient (Wildman–Crippen LogP) is 2.64. The summed E-state index contributed by atoms with van der Waals surface area (Å²) >= 11 is 0. The van der Waals surface area contributed by atoms with Crippen molar-refractivity contribution >= 4 is 11.4 Å². The van der Waals surface area contributed by atoms with Crippen molar-refractivity contribution in [2.75, 3.05) is 30.8 Å². The fourth-order valence-electron chi connectivity index (χ4n) is 2.27. The number of rotatable bonds is 5. The van der Waals surface area contributed by atoms with Crippen LogP contribution in [0.3, 0.4) is 0 Å². The van der Waals surface area contributed by atoms with Crippen molar-refractivity contribution in [2.45, 2.75) is 26.4 Å². The van der Waals surface area contributed by atoms with E-state index in [1.54, 1.807) is 6.07 Å². The van der Waals surface area contributed by atoms with Gasteiger partial charge in [0, 0.05) is 31.2 Å². The molecule has 5 heteroatoms. The first kappa shape index (κ1) is 13.9. The summed E-state index contributed by atoms with van der Waals surface area (Å²) in [5.41, 5.74) is 6.92. The highest BCUT2D eigenvalue weighted by Gasteiger charge is 2.24. The van der Waals surface area contributed by atoms with Gasteiger partial charge in [-0.1, -0.05) is 0 Å². The Morgan fingerprint density at radius 1 is 1.53 bits per heavy atom. The zero-order valence-electron chi connectivity index (χ0n) is 11.4. The summed E-state index contributed by atoms with van der Waals surface area (Å²) in [6.45, 7) is 5.88. The van der Waals surface area contributed by atoms with E-state index < -0.39 is 5.82 Å². The minimum absolute atomic E-state index is 0.231. The van der Waals surface area contributed by atoms with Gasteiger partial charge in [0.05, 0.1) is 24.1 Å².